The number of anilines is 1. The number of nitrogens with one attached hydrogen (secondary N) is 2. The van der Waals surface area contributed by atoms with Gasteiger partial charge in [-0.15, -0.1) is 0 Å². The molecule has 0 saturated carbocycles. The van der Waals surface area contributed by atoms with Gasteiger partial charge in [0.15, 0.2) is 6.29 Å². The Morgan fingerprint density at radius 1 is 1.21 bits per heavy atom. The second-order valence-electron chi connectivity index (χ2n) is 7.32. The summed E-state index contributed by atoms with van der Waals surface area (Å²) in [6, 6.07) is 6.01. The lowest BCUT2D eigenvalue weighted by molar-refractivity contribution is -0.141. The summed E-state index contributed by atoms with van der Waals surface area (Å²) in [7, 11) is 3.39. The van der Waals surface area contributed by atoms with Crippen LogP contribution in [0.25, 0.3) is 0 Å². The quantitative estimate of drug-likeness (QED) is 0.486. The van der Waals surface area contributed by atoms with Crippen LogP contribution in [0.5, 0.6) is 0 Å². The van der Waals surface area contributed by atoms with Crippen LogP contribution in [0.1, 0.15) is 31.2 Å². The molecule has 28 heavy (non-hydrogen) atoms. The van der Waals surface area contributed by atoms with Crippen molar-refractivity contribution in [3.8, 4) is 0 Å². The number of methoxy groups -OCH3 is 2. The number of nitrogens with zero attached hydrogens (tertiary/aromatic N) is 1. The molecule has 1 aromatic rings. The van der Waals surface area contributed by atoms with Crippen molar-refractivity contribution in [1.29, 1.82) is 0 Å². The fourth-order valence-corrected chi connectivity index (χ4v) is 4.42. The highest BCUT2D eigenvalue weighted by Gasteiger charge is 2.27. The van der Waals surface area contributed by atoms with E-state index in [1.54, 1.807) is 14.2 Å². The van der Waals surface area contributed by atoms with Gasteiger partial charge in [0.1, 0.15) is 0 Å². The Kier molecular flexibility index (Phi) is 7.45. The summed E-state index contributed by atoms with van der Waals surface area (Å²) in [5.74, 6) is -0.0105. The highest BCUT2D eigenvalue weighted by molar-refractivity contribution is 9.10. The van der Waals surface area contributed by atoms with E-state index in [9.17, 15) is 9.59 Å². The lowest BCUT2D eigenvalue weighted by Crippen LogP contribution is -2.50. The standard InChI is InChI=1S/C20H28BrN3O4/c1-27-20(28-2)13-7-9-24(10-8-13)15-4-3-14(16(21)11-15)12-22-17-5-6-18(25)23-19(17)26/h3-4,11,13,17,20,22H,5-10,12H2,1-2H3,(H,23,25,26). The van der Waals surface area contributed by atoms with Crippen molar-refractivity contribution in [2.45, 2.75) is 44.6 Å². The molecule has 0 radical (unpaired) electrons. The van der Waals surface area contributed by atoms with Crippen molar-refractivity contribution in [2.75, 3.05) is 32.2 Å². The van der Waals surface area contributed by atoms with Crippen LogP contribution in [-0.2, 0) is 25.6 Å². The van der Waals surface area contributed by atoms with Crippen LogP contribution < -0.4 is 15.5 Å². The largest absolute Gasteiger partial charge is 0.371 e. The van der Waals surface area contributed by atoms with Gasteiger partial charge in [-0.05, 0) is 37.0 Å². The number of hydrogen-bond acceptors (Lipinski definition) is 6. The topological polar surface area (TPSA) is 79.9 Å². The number of halogens is 1. The summed E-state index contributed by atoms with van der Waals surface area (Å²) in [5, 5.41) is 5.62. The number of hydrogen-bond donors (Lipinski definition) is 2. The second kappa shape index (κ2) is 9.82. The average Bonchev–Trinajstić information content (AvgIpc) is 2.69. The molecule has 1 unspecified atom stereocenters. The number of benzene rings is 1. The Morgan fingerprint density at radius 3 is 2.54 bits per heavy atom. The Hall–Kier alpha value is -1.48. The molecule has 2 saturated heterocycles. The zero-order chi connectivity index (χ0) is 20.1. The van der Waals surface area contributed by atoms with Gasteiger partial charge < -0.3 is 19.7 Å². The molecule has 0 aromatic heterocycles. The first-order valence-corrected chi connectivity index (χ1v) is 10.5. The normalized spacial score (nSPS) is 21.3. The fourth-order valence-electron chi connectivity index (χ4n) is 3.91. The number of imide groups is 1. The molecular weight excluding hydrogens is 426 g/mol. The maximum absolute atomic E-state index is 11.9. The van der Waals surface area contributed by atoms with Gasteiger partial charge in [-0.2, -0.15) is 0 Å². The number of piperidine rings is 2. The van der Waals surface area contributed by atoms with Gasteiger partial charge in [0.2, 0.25) is 11.8 Å². The Morgan fingerprint density at radius 2 is 1.93 bits per heavy atom. The van der Waals surface area contributed by atoms with Crippen LogP contribution in [0.3, 0.4) is 0 Å². The molecule has 2 amide bonds. The van der Waals surface area contributed by atoms with Gasteiger partial charge in [0, 0.05) is 56.4 Å². The summed E-state index contributed by atoms with van der Waals surface area (Å²) in [6.07, 6.45) is 2.85. The van der Waals surface area contributed by atoms with Gasteiger partial charge in [-0.3, -0.25) is 14.9 Å². The van der Waals surface area contributed by atoms with Gasteiger partial charge >= 0.3 is 0 Å². The summed E-state index contributed by atoms with van der Waals surface area (Å²) in [4.78, 5) is 25.5. The van der Waals surface area contributed by atoms with E-state index in [0.29, 0.717) is 25.3 Å². The van der Waals surface area contributed by atoms with Crippen LogP contribution in [0.2, 0.25) is 0 Å². The summed E-state index contributed by atoms with van der Waals surface area (Å²) < 4.78 is 11.8. The van der Waals surface area contributed by atoms with Gasteiger partial charge in [-0.1, -0.05) is 22.0 Å². The predicted molar refractivity (Wildman–Crippen MR) is 110 cm³/mol. The van der Waals surface area contributed by atoms with Crippen LogP contribution in [-0.4, -0.2) is 51.5 Å². The molecule has 3 rings (SSSR count). The van der Waals surface area contributed by atoms with E-state index >= 15 is 0 Å². The van der Waals surface area contributed by atoms with Crippen LogP contribution in [0, 0.1) is 5.92 Å². The highest BCUT2D eigenvalue weighted by atomic mass is 79.9. The third-order valence-electron chi connectivity index (χ3n) is 5.57. The molecule has 0 aliphatic carbocycles. The van der Waals surface area contributed by atoms with Gasteiger partial charge in [-0.25, -0.2) is 0 Å². The van der Waals surface area contributed by atoms with E-state index in [-0.39, 0.29) is 24.1 Å². The van der Waals surface area contributed by atoms with E-state index in [2.05, 4.69) is 49.7 Å². The summed E-state index contributed by atoms with van der Waals surface area (Å²) >= 11 is 3.66. The average molecular weight is 454 g/mol. The molecule has 154 valence electrons. The Bertz CT molecular complexity index is 703. The molecule has 0 bridgehead atoms. The minimum Gasteiger partial charge on any atom is -0.371 e. The Balaban J connectivity index is 1.54. The maximum atomic E-state index is 11.9. The zero-order valence-corrected chi connectivity index (χ0v) is 18.0. The minimum absolute atomic E-state index is 0.130. The van der Waals surface area contributed by atoms with Crippen molar-refractivity contribution in [2.24, 2.45) is 5.92 Å². The molecule has 2 N–H and O–H groups in total. The van der Waals surface area contributed by atoms with E-state index in [1.165, 1.54) is 5.69 Å². The van der Waals surface area contributed by atoms with E-state index in [1.807, 2.05) is 0 Å². The SMILES string of the molecule is COC(OC)C1CCN(c2ccc(CNC3CCC(=O)NC3=O)c(Br)c2)CC1. The highest BCUT2D eigenvalue weighted by Crippen LogP contribution is 2.29. The third kappa shape index (κ3) is 5.11. The van der Waals surface area contributed by atoms with E-state index < -0.39 is 0 Å². The molecule has 1 aromatic carbocycles. The predicted octanol–water partition coefficient (Wildman–Crippen LogP) is 2.18. The fraction of sp³-hybridized carbons (Fsp3) is 0.600. The van der Waals surface area contributed by atoms with Crippen LogP contribution in [0.15, 0.2) is 22.7 Å². The lowest BCUT2D eigenvalue weighted by atomic mass is 9.95. The monoisotopic (exact) mass is 453 g/mol. The second-order valence-corrected chi connectivity index (χ2v) is 8.18. The van der Waals surface area contributed by atoms with E-state index in [4.69, 9.17) is 9.47 Å². The molecule has 7 nitrogen and oxygen atoms in total. The first-order chi connectivity index (χ1) is 13.5. The number of amides is 2. The third-order valence-corrected chi connectivity index (χ3v) is 6.31. The lowest BCUT2D eigenvalue weighted by Gasteiger charge is -2.36. The molecular formula is C20H28BrN3O4. The minimum atomic E-state index is -0.321. The van der Waals surface area contributed by atoms with Crippen molar-refractivity contribution in [3.05, 3.63) is 28.2 Å². The first-order valence-electron chi connectivity index (χ1n) is 9.68. The van der Waals surface area contributed by atoms with Crippen molar-refractivity contribution < 1.29 is 19.1 Å². The van der Waals surface area contributed by atoms with Crippen molar-refractivity contribution >= 4 is 33.4 Å². The molecule has 2 aliphatic rings. The number of carbonyl (C=O) groups is 2. The molecule has 8 heteroatoms. The Labute approximate surface area is 174 Å². The van der Waals surface area contributed by atoms with E-state index in [0.717, 1.165) is 36.0 Å². The first kappa shape index (κ1) is 21.2. The molecule has 0 spiro atoms. The van der Waals surface area contributed by atoms with Gasteiger partial charge in [0.05, 0.1) is 6.04 Å². The number of rotatable bonds is 7. The zero-order valence-electron chi connectivity index (χ0n) is 16.4. The molecule has 2 fully saturated rings. The van der Waals surface area contributed by atoms with Crippen LogP contribution >= 0.6 is 15.9 Å². The molecule has 1 atom stereocenters. The van der Waals surface area contributed by atoms with Crippen molar-refractivity contribution in [1.82, 2.24) is 10.6 Å². The summed E-state index contributed by atoms with van der Waals surface area (Å²) in [5.41, 5.74) is 2.27. The van der Waals surface area contributed by atoms with Crippen LogP contribution in [0.4, 0.5) is 5.69 Å². The van der Waals surface area contributed by atoms with Gasteiger partial charge in [0.25, 0.3) is 0 Å². The number of ether oxygens (including phenoxy) is 2. The number of carbonyl (C=O) groups excluding carboxylic acids is 2. The smallest absolute Gasteiger partial charge is 0.243 e. The molecule has 2 aliphatic heterocycles. The summed E-state index contributed by atoms with van der Waals surface area (Å²) in [6.45, 7) is 2.50. The maximum Gasteiger partial charge on any atom is 0.243 e. The molecule has 2 heterocycles. The van der Waals surface area contributed by atoms with Crippen molar-refractivity contribution in [3.63, 3.8) is 0 Å².